The van der Waals surface area contributed by atoms with Crippen LogP contribution in [0.4, 0.5) is 4.39 Å². The van der Waals surface area contributed by atoms with E-state index >= 15 is 0 Å². The second-order valence-corrected chi connectivity index (χ2v) is 5.26. The second kappa shape index (κ2) is 5.74. The highest BCUT2D eigenvalue weighted by Crippen LogP contribution is 2.29. The molecule has 4 heteroatoms. The standard InChI is InChI=1S/C17H17FO3/c1-11(19)12-3-2-4-15(8-12)20-10-16-9-13-7-14(18)5-6-17(13)21-16/h2-8,11,16,19H,9-10H2,1H3/t11-,16?/m0/s1. The lowest BCUT2D eigenvalue weighted by Gasteiger charge is -2.13. The maximum atomic E-state index is 13.1. The van der Waals surface area contributed by atoms with Crippen LogP contribution in [-0.4, -0.2) is 17.8 Å². The van der Waals surface area contributed by atoms with Gasteiger partial charge in [0.25, 0.3) is 0 Å². The predicted molar refractivity (Wildman–Crippen MR) is 77.1 cm³/mol. The van der Waals surface area contributed by atoms with Crippen molar-refractivity contribution in [3.63, 3.8) is 0 Å². The van der Waals surface area contributed by atoms with Crippen molar-refractivity contribution < 1.29 is 19.0 Å². The zero-order valence-electron chi connectivity index (χ0n) is 11.8. The zero-order valence-corrected chi connectivity index (χ0v) is 11.8. The Morgan fingerprint density at radius 2 is 2.19 bits per heavy atom. The first-order valence-corrected chi connectivity index (χ1v) is 6.98. The van der Waals surface area contributed by atoms with E-state index in [0.29, 0.717) is 18.8 Å². The van der Waals surface area contributed by atoms with Crippen molar-refractivity contribution in [3.05, 3.63) is 59.4 Å². The summed E-state index contributed by atoms with van der Waals surface area (Å²) < 4.78 is 24.6. The summed E-state index contributed by atoms with van der Waals surface area (Å²) in [7, 11) is 0. The van der Waals surface area contributed by atoms with Crippen molar-refractivity contribution >= 4 is 0 Å². The molecule has 0 radical (unpaired) electrons. The minimum absolute atomic E-state index is 0.114. The number of rotatable bonds is 4. The molecule has 110 valence electrons. The summed E-state index contributed by atoms with van der Waals surface area (Å²) in [6.07, 6.45) is 0.00364. The monoisotopic (exact) mass is 288 g/mol. The van der Waals surface area contributed by atoms with Gasteiger partial charge in [0, 0.05) is 12.0 Å². The molecule has 3 rings (SSSR count). The highest BCUT2D eigenvalue weighted by molar-refractivity contribution is 5.38. The SMILES string of the molecule is C[C@H](O)c1cccc(OCC2Cc3cc(F)ccc3O2)c1. The quantitative estimate of drug-likeness (QED) is 0.938. The molecule has 21 heavy (non-hydrogen) atoms. The number of benzene rings is 2. The fourth-order valence-corrected chi connectivity index (χ4v) is 2.44. The molecular weight excluding hydrogens is 271 g/mol. The molecule has 2 aromatic carbocycles. The van der Waals surface area contributed by atoms with Crippen LogP contribution in [0.25, 0.3) is 0 Å². The van der Waals surface area contributed by atoms with Gasteiger partial charge in [-0.05, 0) is 42.8 Å². The van der Waals surface area contributed by atoms with Crippen LogP contribution >= 0.6 is 0 Å². The fraction of sp³-hybridized carbons (Fsp3) is 0.294. The molecule has 0 fully saturated rings. The van der Waals surface area contributed by atoms with Crippen molar-refractivity contribution in [3.8, 4) is 11.5 Å². The highest BCUT2D eigenvalue weighted by atomic mass is 19.1. The van der Waals surface area contributed by atoms with Gasteiger partial charge < -0.3 is 14.6 Å². The molecule has 0 spiro atoms. The molecular formula is C17H17FO3. The Bertz CT molecular complexity index is 640. The van der Waals surface area contributed by atoms with Crippen LogP contribution in [-0.2, 0) is 6.42 Å². The van der Waals surface area contributed by atoms with Crippen LogP contribution in [0.1, 0.15) is 24.2 Å². The third-order valence-electron chi connectivity index (χ3n) is 3.54. The van der Waals surface area contributed by atoms with E-state index in [4.69, 9.17) is 9.47 Å². The molecule has 2 atom stereocenters. The Morgan fingerprint density at radius 1 is 1.33 bits per heavy atom. The lowest BCUT2D eigenvalue weighted by atomic mass is 10.1. The Morgan fingerprint density at radius 3 is 3.00 bits per heavy atom. The van der Waals surface area contributed by atoms with Gasteiger partial charge >= 0.3 is 0 Å². The van der Waals surface area contributed by atoms with Crippen LogP contribution in [0, 0.1) is 5.82 Å². The van der Waals surface area contributed by atoms with E-state index < -0.39 is 6.10 Å². The summed E-state index contributed by atoms with van der Waals surface area (Å²) >= 11 is 0. The normalized spacial score (nSPS) is 18.0. The molecule has 0 amide bonds. The number of halogens is 1. The van der Waals surface area contributed by atoms with E-state index in [-0.39, 0.29) is 11.9 Å². The smallest absolute Gasteiger partial charge is 0.137 e. The summed E-state index contributed by atoms with van der Waals surface area (Å²) in [6, 6.07) is 11.9. The van der Waals surface area contributed by atoms with Gasteiger partial charge in [-0.15, -0.1) is 0 Å². The van der Waals surface area contributed by atoms with Crippen LogP contribution < -0.4 is 9.47 Å². The Kier molecular flexibility index (Phi) is 3.80. The van der Waals surface area contributed by atoms with Crippen molar-refractivity contribution in [1.29, 1.82) is 0 Å². The maximum Gasteiger partial charge on any atom is 0.137 e. The third kappa shape index (κ3) is 3.16. The highest BCUT2D eigenvalue weighted by Gasteiger charge is 2.23. The van der Waals surface area contributed by atoms with Crippen molar-refractivity contribution in [2.24, 2.45) is 0 Å². The van der Waals surface area contributed by atoms with Gasteiger partial charge in [-0.3, -0.25) is 0 Å². The Hall–Kier alpha value is -2.07. The third-order valence-corrected chi connectivity index (χ3v) is 3.54. The molecule has 0 aliphatic carbocycles. The summed E-state index contributed by atoms with van der Waals surface area (Å²) in [5.74, 6) is 1.17. The van der Waals surface area contributed by atoms with Crippen LogP contribution in [0.5, 0.6) is 11.5 Å². The fourth-order valence-electron chi connectivity index (χ4n) is 2.44. The molecule has 1 N–H and O–H groups in total. The van der Waals surface area contributed by atoms with E-state index in [0.717, 1.165) is 16.9 Å². The van der Waals surface area contributed by atoms with Crippen LogP contribution in [0.3, 0.4) is 0 Å². The second-order valence-electron chi connectivity index (χ2n) is 5.26. The molecule has 0 aromatic heterocycles. The van der Waals surface area contributed by atoms with Gasteiger partial charge in [0.05, 0.1) is 6.10 Å². The molecule has 1 unspecified atom stereocenters. The average molecular weight is 288 g/mol. The summed E-state index contributed by atoms with van der Waals surface area (Å²) in [6.45, 7) is 2.10. The Labute approximate surface area is 122 Å². The molecule has 2 aromatic rings. The van der Waals surface area contributed by atoms with Gasteiger partial charge in [-0.25, -0.2) is 4.39 Å². The first-order chi connectivity index (χ1) is 10.1. The van der Waals surface area contributed by atoms with E-state index in [1.54, 1.807) is 13.0 Å². The molecule has 1 heterocycles. The minimum Gasteiger partial charge on any atom is -0.490 e. The molecule has 3 nitrogen and oxygen atoms in total. The number of hydrogen-bond acceptors (Lipinski definition) is 3. The van der Waals surface area contributed by atoms with E-state index in [1.807, 2.05) is 24.3 Å². The lowest BCUT2D eigenvalue weighted by molar-refractivity contribution is 0.148. The molecule has 1 aliphatic rings. The zero-order chi connectivity index (χ0) is 14.8. The van der Waals surface area contributed by atoms with Crippen molar-refractivity contribution in [2.45, 2.75) is 25.6 Å². The van der Waals surface area contributed by atoms with Crippen LogP contribution in [0.15, 0.2) is 42.5 Å². The summed E-state index contributed by atoms with van der Waals surface area (Å²) in [5, 5.41) is 9.56. The number of aliphatic hydroxyl groups is 1. The number of aliphatic hydroxyl groups excluding tert-OH is 1. The lowest BCUT2D eigenvalue weighted by Crippen LogP contribution is -2.22. The number of ether oxygens (including phenoxy) is 2. The van der Waals surface area contributed by atoms with Gasteiger partial charge in [0.1, 0.15) is 30.0 Å². The summed E-state index contributed by atoms with van der Waals surface area (Å²) in [4.78, 5) is 0. The van der Waals surface area contributed by atoms with E-state index in [2.05, 4.69) is 0 Å². The minimum atomic E-state index is -0.525. The summed E-state index contributed by atoms with van der Waals surface area (Å²) in [5.41, 5.74) is 1.69. The average Bonchev–Trinajstić information content (AvgIpc) is 2.87. The Balaban J connectivity index is 1.61. The predicted octanol–water partition coefficient (Wildman–Crippen LogP) is 3.26. The van der Waals surface area contributed by atoms with Crippen molar-refractivity contribution in [2.75, 3.05) is 6.61 Å². The van der Waals surface area contributed by atoms with Crippen molar-refractivity contribution in [1.82, 2.24) is 0 Å². The van der Waals surface area contributed by atoms with Gasteiger partial charge in [-0.2, -0.15) is 0 Å². The first-order valence-electron chi connectivity index (χ1n) is 6.98. The topological polar surface area (TPSA) is 38.7 Å². The number of hydrogen-bond donors (Lipinski definition) is 1. The van der Waals surface area contributed by atoms with Gasteiger partial charge in [0.2, 0.25) is 0 Å². The molecule has 0 saturated heterocycles. The molecule has 1 aliphatic heterocycles. The van der Waals surface area contributed by atoms with Crippen LogP contribution in [0.2, 0.25) is 0 Å². The number of fused-ring (bicyclic) bond motifs is 1. The molecule has 0 bridgehead atoms. The largest absolute Gasteiger partial charge is 0.490 e. The van der Waals surface area contributed by atoms with Gasteiger partial charge in [-0.1, -0.05) is 12.1 Å². The van der Waals surface area contributed by atoms with E-state index in [9.17, 15) is 9.50 Å². The first kappa shape index (κ1) is 13.9. The molecule has 0 saturated carbocycles. The van der Waals surface area contributed by atoms with E-state index in [1.165, 1.54) is 12.1 Å². The maximum absolute atomic E-state index is 13.1. The van der Waals surface area contributed by atoms with Gasteiger partial charge in [0.15, 0.2) is 0 Å².